The smallest absolute Gasteiger partial charge is 0.208 e. The zero-order valence-electron chi connectivity index (χ0n) is 14.6. The lowest BCUT2D eigenvalue weighted by atomic mass is 10.1. The number of rotatable bonds is 6. The Hall–Kier alpha value is -2.14. The molecule has 0 unspecified atom stereocenters. The highest BCUT2D eigenvalue weighted by Gasteiger charge is 2.20. The number of hydrogen-bond acceptors (Lipinski definition) is 3. The minimum Gasteiger partial charge on any atom is -0.490 e. The summed E-state index contributed by atoms with van der Waals surface area (Å²) in [7, 11) is 0. The molecule has 3 rings (SSSR count). The second kappa shape index (κ2) is 7.00. The first kappa shape index (κ1) is 17.7. The van der Waals surface area contributed by atoms with Gasteiger partial charge < -0.3 is 14.3 Å². The van der Waals surface area contributed by atoms with E-state index >= 15 is 0 Å². The third-order valence-corrected chi connectivity index (χ3v) is 4.32. The van der Waals surface area contributed by atoms with E-state index < -0.39 is 17.7 Å². The fourth-order valence-electron chi connectivity index (χ4n) is 2.94. The SMILES string of the molecule is CC(C)CCCOc1ccc2c(oc3c(F)c([C@@H](C)O)ccc32)c1F. The zero-order chi connectivity index (χ0) is 18.1. The monoisotopic (exact) mass is 348 g/mol. The van der Waals surface area contributed by atoms with Gasteiger partial charge in [0.25, 0.3) is 0 Å². The van der Waals surface area contributed by atoms with E-state index in [2.05, 4.69) is 13.8 Å². The number of hydrogen-bond donors (Lipinski definition) is 1. The number of halogens is 2. The van der Waals surface area contributed by atoms with Gasteiger partial charge in [-0.3, -0.25) is 0 Å². The molecule has 0 radical (unpaired) electrons. The molecule has 25 heavy (non-hydrogen) atoms. The van der Waals surface area contributed by atoms with Crippen molar-refractivity contribution in [3.63, 3.8) is 0 Å². The summed E-state index contributed by atoms with van der Waals surface area (Å²) in [6.07, 6.45) is 0.867. The van der Waals surface area contributed by atoms with Crippen LogP contribution in [0, 0.1) is 17.6 Å². The van der Waals surface area contributed by atoms with Crippen LogP contribution in [0.5, 0.6) is 5.75 Å². The van der Waals surface area contributed by atoms with Gasteiger partial charge in [-0.15, -0.1) is 0 Å². The molecule has 1 aromatic heterocycles. The number of furan rings is 1. The molecule has 1 atom stereocenters. The van der Waals surface area contributed by atoms with Gasteiger partial charge in [0.1, 0.15) is 0 Å². The summed E-state index contributed by atoms with van der Waals surface area (Å²) < 4.78 is 40.2. The van der Waals surface area contributed by atoms with E-state index in [4.69, 9.17) is 9.15 Å². The van der Waals surface area contributed by atoms with Crippen LogP contribution in [0.25, 0.3) is 21.9 Å². The van der Waals surface area contributed by atoms with E-state index in [0.29, 0.717) is 23.3 Å². The van der Waals surface area contributed by atoms with Crippen LogP contribution in [-0.2, 0) is 0 Å². The van der Waals surface area contributed by atoms with Crippen LogP contribution in [0.3, 0.4) is 0 Å². The lowest BCUT2D eigenvalue weighted by Gasteiger charge is -2.08. The normalized spacial score (nSPS) is 13.1. The van der Waals surface area contributed by atoms with Gasteiger partial charge in [-0.25, -0.2) is 4.39 Å². The van der Waals surface area contributed by atoms with Gasteiger partial charge in [0.2, 0.25) is 5.82 Å². The van der Waals surface area contributed by atoms with E-state index in [1.165, 1.54) is 13.0 Å². The highest BCUT2D eigenvalue weighted by molar-refractivity contribution is 6.05. The van der Waals surface area contributed by atoms with E-state index in [1.807, 2.05) is 0 Å². The van der Waals surface area contributed by atoms with Gasteiger partial charge in [-0.1, -0.05) is 19.9 Å². The first-order valence-electron chi connectivity index (χ1n) is 8.54. The van der Waals surface area contributed by atoms with Gasteiger partial charge in [0, 0.05) is 16.3 Å². The predicted molar refractivity (Wildman–Crippen MR) is 93.8 cm³/mol. The highest BCUT2D eigenvalue weighted by Crippen LogP contribution is 2.37. The van der Waals surface area contributed by atoms with Gasteiger partial charge >= 0.3 is 0 Å². The van der Waals surface area contributed by atoms with Crippen molar-refractivity contribution < 1.29 is 23.0 Å². The number of aliphatic hydroxyl groups is 1. The van der Waals surface area contributed by atoms with Crippen molar-refractivity contribution in [1.29, 1.82) is 0 Å². The Bertz CT molecular complexity index is 897. The second-order valence-electron chi connectivity index (χ2n) is 6.76. The van der Waals surface area contributed by atoms with Gasteiger partial charge in [0.15, 0.2) is 22.7 Å². The molecule has 1 heterocycles. The maximum absolute atomic E-state index is 14.7. The minimum atomic E-state index is -0.970. The van der Waals surface area contributed by atoms with Crippen molar-refractivity contribution in [1.82, 2.24) is 0 Å². The molecule has 0 bridgehead atoms. The molecule has 3 nitrogen and oxygen atoms in total. The molecule has 0 amide bonds. The molecule has 0 aliphatic rings. The third kappa shape index (κ3) is 3.33. The maximum Gasteiger partial charge on any atom is 0.208 e. The number of fused-ring (bicyclic) bond motifs is 3. The fourth-order valence-corrected chi connectivity index (χ4v) is 2.94. The molecule has 0 saturated heterocycles. The minimum absolute atomic E-state index is 0.0296. The zero-order valence-corrected chi connectivity index (χ0v) is 14.6. The summed E-state index contributed by atoms with van der Waals surface area (Å²) in [6, 6.07) is 6.34. The Labute approximate surface area is 145 Å². The van der Waals surface area contributed by atoms with Crippen molar-refractivity contribution >= 4 is 21.9 Å². The van der Waals surface area contributed by atoms with E-state index in [0.717, 1.165) is 12.8 Å². The van der Waals surface area contributed by atoms with Crippen LogP contribution in [0.15, 0.2) is 28.7 Å². The molecular weight excluding hydrogens is 326 g/mol. The van der Waals surface area contributed by atoms with Crippen molar-refractivity contribution in [2.45, 2.75) is 39.7 Å². The largest absolute Gasteiger partial charge is 0.490 e. The quantitative estimate of drug-likeness (QED) is 0.578. The maximum atomic E-state index is 14.7. The molecule has 1 N–H and O–H groups in total. The first-order valence-corrected chi connectivity index (χ1v) is 8.54. The van der Waals surface area contributed by atoms with E-state index in [1.54, 1.807) is 18.2 Å². The molecule has 0 fully saturated rings. The molecule has 0 aliphatic carbocycles. The van der Waals surface area contributed by atoms with Crippen LogP contribution in [-0.4, -0.2) is 11.7 Å². The number of benzene rings is 2. The number of ether oxygens (including phenoxy) is 1. The Morgan fingerprint density at radius 3 is 2.28 bits per heavy atom. The Balaban J connectivity index is 1.98. The summed E-state index contributed by atoms with van der Waals surface area (Å²) in [5.74, 6) is -0.623. The van der Waals surface area contributed by atoms with E-state index in [-0.39, 0.29) is 22.5 Å². The lowest BCUT2D eigenvalue weighted by Crippen LogP contribution is -2.01. The van der Waals surface area contributed by atoms with Crippen molar-refractivity contribution in [3.8, 4) is 5.75 Å². The Kier molecular flexibility index (Phi) is 4.95. The third-order valence-electron chi connectivity index (χ3n) is 4.32. The topological polar surface area (TPSA) is 42.6 Å². The molecule has 2 aromatic carbocycles. The average Bonchev–Trinajstić information content (AvgIpc) is 2.93. The van der Waals surface area contributed by atoms with Crippen LogP contribution >= 0.6 is 0 Å². The summed E-state index contributed by atoms with van der Waals surface area (Å²) >= 11 is 0. The predicted octanol–water partition coefficient (Wildman–Crippen LogP) is 5.73. The Morgan fingerprint density at radius 1 is 1.00 bits per heavy atom. The molecule has 0 saturated carbocycles. The average molecular weight is 348 g/mol. The fraction of sp³-hybridized carbons (Fsp3) is 0.400. The second-order valence-corrected chi connectivity index (χ2v) is 6.76. The molecule has 0 aliphatic heterocycles. The summed E-state index contributed by atoms with van der Waals surface area (Å²) in [5, 5.41) is 10.6. The molecule has 5 heteroatoms. The van der Waals surface area contributed by atoms with Gasteiger partial charge in [-0.05, 0) is 43.9 Å². The molecule has 0 spiro atoms. The molecule has 134 valence electrons. The van der Waals surface area contributed by atoms with Crippen LogP contribution in [0.1, 0.15) is 45.3 Å². The van der Waals surface area contributed by atoms with Crippen LogP contribution < -0.4 is 4.74 Å². The standard InChI is InChI=1S/C20H22F2O3/c1-11(2)5-4-10-24-16-9-8-15-14-7-6-13(12(3)23)17(21)19(14)25-20(15)18(16)22/h6-9,11-12,23H,4-5,10H2,1-3H3/t12-/m1/s1. The summed E-state index contributed by atoms with van der Waals surface area (Å²) in [6.45, 7) is 6.13. The number of aliphatic hydroxyl groups excluding tert-OH is 1. The lowest BCUT2D eigenvalue weighted by molar-refractivity contribution is 0.194. The van der Waals surface area contributed by atoms with Gasteiger partial charge in [-0.2, -0.15) is 4.39 Å². The van der Waals surface area contributed by atoms with Gasteiger partial charge in [0.05, 0.1) is 12.7 Å². The van der Waals surface area contributed by atoms with Crippen molar-refractivity contribution in [2.24, 2.45) is 5.92 Å². The summed E-state index contributed by atoms with van der Waals surface area (Å²) in [5.41, 5.74) is 0.0411. The highest BCUT2D eigenvalue weighted by atomic mass is 19.1. The summed E-state index contributed by atoms with van der Waals surface area (Å²) in [4.78, 5) is 0. The molecular formula is C20H22F2O3. The van der Waals surface area contributed by atoms with Crippen molar-refractivity contribution in [2.75, 3.05) is 6.61 Å². The molecule has 3 aromatic rings. The van der Waals surface area contributed by atoms with E-state index in [9.17, 15) is 13.9 Å². The van der Waals surface area contributed by atoms with Crippen molar-refractivity contribution in [3.05, 3.63) is 41.5 Å². The van der Waals surface area contributed by atoms with Crippen LogP contribution in [0.4, 0.5) is 8.78 Å². The Morgan fingerprint density at radius 2 is 1.64 bits per heavy atom. The van der Waals surface area contributed by atoms with Crippen LogP contribution in [0.2, 0.25) is 0 Å². The first-order chi connectivity index (χ1) is 11.9.